The second-order valence-electron chi connectivity index (χ2n) is 13.3. The Morgan fingerprint density at radius 2 is 1.93 bits per heavy atom. The van der Waals surface area contributed by atoms with Crippen molar-refractivity contribution in [3.8, 4) is 5.75 Å². The molecule has 0 bridgehead atoms. The molecule has 0 unspecified atom stereocenters. The fraction of sp³-hybridized carbons (Fsp3) is 0.576. The molecule has 2 saturated carbocycles. The number of benzene rings is 1. The first-order chi connectivity index (χ1) is 19.3. The lowest BCUT2D eigenvalue weighted by Crippen LogP contribution is -2.62. The third kappa shape index (κ3) is 4.89. The Bertz CT molecular complexity index is 1450. The number of nitrogens with zero attached hydrogens (tertiary/aromatic N) is 1. The van der Waals surface area contributed by atoms with Crippen LogP contribution >= 0.6 is 23.2 Å². The Hall–Kier alpha value is -2.12. The van der Waals surface area contributed by atoms with E-state index in [1.165, 1.54) is 5.57 Å². The van der Waals surface area contributed by atoms with Crippen LogP contribution in [-0.2, 0) is 19.0 Å². The molecule has 0 spiro atoms. The minimum atomic E-state index is -0.595. The van der Waals surface area contributed by atoms with E-state index in [1.54, 1.807) is 6.07 Å². The first-order valence-corrected chi connectivity index (χ1v) is 15.4. The standard InChI is InChI=1S/C33H39Cl2NO5/c1-18-7-12-26-32(5,14-13-27-33(26,6)17-39-31(3,4)41-27)22(18)11-10-21-25(16-38-30(21)37)40-29-24(35)15-23(34)20-9-8-19(2)36-28(20)29/h8-10,15,22,25-27H,1,7,11-14,16-17H2,2-6H3/b21-10+/t22-,25+,26+,27-,32+,33+/m1/s1. The van der Waals surface area contributed by atoms with Crippen molar-refractivity contribution in [2.75, 3.05) is 13.2 Å². The van der Waals surface area contributed by atoms with Crippen LogP contribution in [-0.4, -0.2) is 42.2 Å². The molecule has 1 aromatic heterocycles. The van der Waals surface area contributed by atoms with Crippen molar-refractivity contribution in [3.05, 3.63) is 57.7 Å². The van der Waals surface area contributed by atoms with Crippen LogP contribution in [0.5, 0.6) is 5.75 Å². The van der Waals surface area contributed by atoms with Gasteiger partial charge < -0.3 is 18.9 Å². The summed E-state index contributed by atoms with van der Waals surface area (Å²) in [5.74, 6) is 0.146. The number of aryl methyl sites for hydroxylation is 1. The van der Waals surface area contributed by atoms with Crippen LogP contribution in [0.25, 0.3) is 10.9 Å². The third-order valence-electron chi connectivity index (χ3n) is 10.2. The van der Waals surface area contributed by atoms with Gasteiger partial charge in [-0.2, -0.15) is 0 Å². The maximum atomic E-state index is 13.0. The van der Waals surface area contributed by atoms with Crippen molar-refractivity contribution in [1.29, 1.82) is 0 Å². The summed E-state index contributed by atoms with van der Waals surface area (Å²) in [6.45, 7) is 16.0. The molecule has 2 saturated heterocycles. The molecule has 3 heterocycles. The molecule has 0 N–H and O–H groups in total. The Kier molecular flexibility index (Phi) is 7.25. The highest BCUT2D eigenvalue weighted by molar-refractivity contribution is 6.39. The number of cyclic esters (lactones) is 1. The summed E-state index contributed by atoms with van der Waals surface area (Å²) in [5.41, 5.74) is 3.10. The van der Waals surface area contributed by atoms with Gasteiger partial charge in [-0.25, -0.2) is 9.78 Å². The number of ether oxygens (including phenoxy) is 4. The molecule has 6 rings (SSSR count). The van der Waals surface area contributed by atoms with Crippen LogP contribution in [0.15, 0.2) is 42.0 Å². The Balaban J connectivity index is 1.28. The van der Waals surface area contributed by atoms with Crippen LogP contribution < -0.4 is 4.74 Å². The molecular formula is C33H39Cl2NO5. The monoisotopic (exact) mass is 599 g/mol. The van der Waals surface area contributed by atoms with Crippen LogP contribution in [0.3, 0.4) is 0 Å². The number of carbonyl (C=O) groups excluding carboxylic acids is 1. The lowest BCUT2D eigenvalue weighted by Gasteiger charge is -2.63. The number of allylic oxidation sites excluding steroid dienone is 2. The number of esters is 1. The zero-order valence-corrected chi connectivity index (χ0v) is 26.0. The van der Waals surface area contributed by atoms with Gasteiger partial charge in [-0.3, -0.25) is 0 Å². The maximum absolute atomic E-state index is 13.0. The molecule has 220 valence electrons. The predicted octanol–water partition coefficient (Wildman–Crippen LogP) is 8.01. The molecular weight excluding hydrogens is 561 g/mol. The molecule has 6 nitrogen and oxygen atoms in total. The van der Waals surface area contributed by atoms with E-state index < -0.39 is 11.9 Å². The highest BCUT2D eigenvalue weighted by Gasteiger charge is 2.60. The molecule has 0 radical (unpaired) electrons. The van der Waals surface area contributed by atoms with E-state index in [4.69, 9.17) is 42.1 Å². The van der Waals surface area contributed by atoms with Crippen LogP contribution in [0.2, 0.25) is 10.0 Å². The van der Waals surface area contributed by atoms with E-state index in [0.29, 0.717) is 45.8 Å². The Labute approximate surface area is 252 Å². The number of carbonyl (C=O) groups is 1. The highest BCUT2D eigenvalue weighted by Crippen LogP contribution is 2.63. The largest absolute Gasteiger partial charge is 0.478 e. The van der Waals surface area contributed by atoms with E-state index in [-0.39, 0.29) is 35.4 Å². The van der Waals surface area contributed by atoms with Crippen LogP contribution in [0, 0.1) is 29.6 Å². The van der Waals surface area contributed by atoms with Gasteiger partial charge in [0.1, 0.15) is 12.1 Å². The van der Waals surface area contributed by atoms with Crippen molar-refractivity contribution in [1.82, 2.24) is 4.98 Å². The molecule has 2 aliphatic heterocycles. The van der Waals surface area contributed by atoms with Crippen molar-refractivity contribution in [2.24, 2.45) is 22.7 Å². The van der Waals surface area contributed by atoms with Crippen molar-refractivity contribution in [2.45, 2.75) is 84.7 Å². The van der Waals surface area contributed by atoms with E-state index >= 15 is 0 Å². The maximum Gasteiger partial charge on any atom is 0.337 e. The predicted molar refractivity (Wildman–Crippen MR) is 160 cm³/mol. The normalized spacial score (nSPS) is 35.7. The van der Waals surface area contributed by atoms with Gasteiger partial charge in [-0.05, 0) is 88.3 Å². The minimum Gasteiger partial charge on any atom is -0.478 e. The van der Waals surface area contributed by atoms with Crippen LogP contribution in [0.4, 0.5) is 0 Å². The van der Waals surface area contributed by atoms with Gasteiger partial charge >= 0.3 is 5.97 Å². The van der Waals surface area contributed by atoms with Gasteiger partial charge in [-0.1, -0.05) is 55.3 Å². The van der Waals surface area contributed by atoms with E-state index in [2.05, 4.69) is 25.4 Å². The number of hydrogen-bond donors (Lipinski definition) is 0. The zero-order chi connectivity index (χ0) is 29.3. The van der Waals surface area contributed by atoms with Crippen molar-refractivity contribution >= 4 is 40.1 Å². The van der Waals surface area contributed by atoms with Gasteiger partial charge in [0.25, 0.3) is 0 Å². The molecule has 4 fully saturated rings. The number of hydrogen-bond acceptors (Lipinski definition) is 6. The quantitative estimate of drug-likeness (QED) is 0.201. The third-order valence-corrected chi connectivity index (χ3v) is 10.8. The van der Waals surface area contributed by atoms with E-state index in [9.17, 15) is 4.79 Å². The SMILES string of the molecule is C=C1CC[C@@H]2[C@]3(C)COC(C)(C)O[C@@H]3CC[C@@]2(C)[C@@H]1C/C=C1/C(=O)OC[C@@H]1Oc1c(Cl)cc(Cl)c2ccc(C)nc12. The number of rotatable bonds is 4. The van der Waals surface area contributed by atoms with Gasteiger partial charge in [0, 0.05) is 16.5 Å². The zero-order valence-electron chi connectivity index (χ0n) is 24.5. The average Bonchev–Trinajstić information content (AvgIpc) is 3.25. The number of halogens is 2. The molecule has 41 heavy (non-hydrogen) atoms. The van der Waals surface area contributed by atoms with Crippen molar-refractivity contribution in [3.63, 3.8) is 0 Å². The summed E-state index contributed by atoms with van der Waals surface area (Å²) < 4.78 is 24.5. The number of aromatic nitrogens is 1. The summed E-state index contributed by atoms with van der Waals surface area (Å²) in [7, 11) is 0. The molecule has 1 aromatic carbocycles. The lowest BCUT2D eigenvalue weighted by molar-refractivity contribution is -0.344. The summed E-state index contributed by atoms with van der Waals surface area (Å²) >= 11 is 13.0. The topological polar surface area (TPSA) is 66.9 Å². The van der Waals surface area contributed by atoms with E-state index in [0.717, 1.165) is 36.8 Å². The average molecular weight is 601 g/mol. The lowest BCUT2D eigenvalue weighted by atomic mass is 9.46. The smallest absolute Gasteiger partial charge is 0.337 e. The second kappa shape index (κ2) is 10.3. The molecule has 4 aliphatic rings. The van der Waals surface area contributed by atoms with E-state index in [1.807, 2.05) is 39.0 Å². The summed E-state index contributed by atoms with van der Waals surface area (Å²) in [6.07, 6.45) is 6.35. The molecule has 0 amide bonds. The number of fused-ring (bicyclic) bond motifs is 4. The summed E-state index contributed by atoms with van der Waals surface area (Å²) in [5, 5.41) is 1.59. The van der Waals surface area contributed by atoms with Crippen molar-refractivity contribution < 1.29 is 23.7 Å². The van der Waals surface area contributed by atoms with Gasteiger partial charge in [0.2, 0.25) is 0 Å². The second-order valence-corrected chi connectivity index (χ2v) is 14.1. The first-order valence-electron chi connectivity index (χ1n) is 14.6. The minimum absolute atomic E-state index is 0.0157. The van der Waals surface area contributed by atoms with Gasteiger partial charge in [0.05, 0.1) is 28.3 Å². The number of pyridine rings is 1. The fourth-order valence-electron chi connectivity index (χ4n) is 8.06. The summed E-state index contributed by atoms with van der Waals surface area (Å²) in [4.78, 5) is 17.6. The Morgan fingerprint density at radius 1 is 1.15 bits per heavy atom. The molecule has 2 aliphatic carbocycles. The van der Waals surface area contributed by atoms with Gasteiger partial charge in [-0.15, -0.1) is 0 Å². The fourth-order valence-corrected chi connectivity index (χ4v) is 8.62. The van der Waals surface area contributed by atoms with Crippen LogP contribution in [0.1, 0.15) is 65.5 Å². The van der Waals surface area contributed by atoms with Gasteiger partial charge in [0.15, 0.2) is 17.6 Å². The highest BCUT2D eigenvalue weighted by atomic mass is 35.5. The first kappa shape index (κ1) is 29.0. The summed E-state index contributed by atoms with van der Waals surface area (Å²) in [6, 6.07) is 5.45. The molecule has 2 aromatic rings. The Morgan fingerprint density at radius 3 is 2.71 bits per heavy atom. The molecule has 6 atom stereocenters. The molecule has 8 heteroatoms.